The van der Waals surface area contributed by atoms with Crippen LogP contribution in [-0.4, -0.2) is 25.4 Å². The van der Waals surface area contributed by atoms with Crippen LogP contribution in [0.5, 0.6) is 5.75 Å². The Labute approximate surface area is 162 Å². The topological polar surface area (TPSA) is 72.9 Å². The van der Waals surface area contributed by atoms with Crippen LogP contribution >= 0.6 is 10.7 Å². The van der Waals surface area contributed by atoms with Gasteiger partial charge in [-0.25, -0.2) is 4.79 Å². The van der Waals surface area contributed by atoms with E-state index in [9.17, 15) is 13.2 Å². The molecule has 27 heavy (non-hydrogen) atoms. The molecule has 1 amide bonds. The number of halogens is 1. The fourth-order valence-electron chi connectivity index (χ4n) is 2.87. The van der Waals surface area contributed by atoms with Crippen molar-refractivity contribution in [2.24, 2.45) is 0 Å². The molecule has 0 spiro atoms. The van der Waals surface area contributed by atoms with Crippen LogP contribution in [0.2, 0.25) is 0 Å². The molecular weight excluding hydrogens is 390 g/mol. The van der Waals surface area contributed by atoms with Crippen molar-refractivity contribution in [3.05, 3.63) is 71.8 Å². The summed E-state index contributed by atoms with van der Waals surface area (Å²) in [6.07, 6.45) is 0.864. The van der Waals surface area contributed by atoms with Crippen LogP contribution in [0.25, 0.3) is 5.76 Å². The third-order valence-corrected chi connectivity index (χ3v) is 5.38. The van der Waals surface area contributed by atoms with E-state index < -0.39 is 21.4 Å². The van der Waals surface area contributed by atoms with E-state index in [1.54, 1.807) is 54.6 Å². The monoisotopic (exact) mass is 407 g/mol. The number of nitrogens with zero attached hydrogens (tertiary/aromatic N) is 1. The smallest absolute Gasteiger partial charge is 0.430 e. The molecule has 1 aliphatic heterocycles. The number of benzene rings is 2. The first-order valence-electron chi connectivity index (χ1n) is 8.34. The van der Waals surface area contributed by atoms with Gasteiger partial charge in [-0.3, -0.25) is 0 Å². The molecule has 0 saturated heterocycles. The lowest BCUT2D eigenvalue weighted by Gasteiger charge is -2.25. The molecule has 6 nitrogen and oxygen atoms in total. The van der Waals surface area contributed by atoms with Crippen molar-refractivity contribution in [3.8, 4) is 5.75 Å². The highest BCUT2D eigenvalue weighted by molar-refractivity contribution is 8.12. The summed E-state index contributed by atoms with van der Waals surface area (Å²) < 4.78 is 35.5. The van der Waals surface area contributed by atoms with E-state index >= 15 is 0 Å². The minimum Gasteiger partial charge on any atom is -0.494 e. The highest BCUT2D eigenvalue weighted by Crippen LogP contribution is 2.35. The molecule has 0 aliphatic carbocycles. The normalized spacial score (nSPS) is 17.7. The van der Waals surface area contributed by atoms with Crippen molar-refractivity contribution in [1.82, 2.24) is 4.31 Å². The number of cyclic esters (lactones) is 1. The first-order valence-corrected chi connectivity index (χ1v) is 10.6. The van der Waals surface area contributed by atoms with E-state index in [0.717, 1.165) is 0 Å². The Balaban J connectivity index is 2.00. The van der Waals surface area contributed by atoms with Crippen LogP contribution in [0.3, 0.4) is 0 Å². The molecule has 3 rings (SSSR count). The summed E-state index contributed by atoms with van der Waals surface area (Å²) in [6.45, 7) is 2.38. The van der Waals surface area contributed by atoms with Crippen LogP contribution in [0.15, 0.2) is 60.7 Å². The lowest BCUT2D eigenvalue weighted by Crippen LogP contribution is -2.36. The zero-order chi connectivity index (χ0) is 19.4. The third kappa shape index (κ3) is 4.43. The van der Waals surface area contributed by atoms with Crippen molar-refractivity contribution in [1.29, 1.82) is 0 Å². The fraction of sp³-hybridized carbons (Fsp3) is 0.211. The van der Waals surface area contributed by atoms with E-state index in [4.69, 9.17) is 20.2 Å². The van der Waals surface area contributed by atoms with Crippen molar-refractivity contribution in [2.45, 2.75) is 19.4 Å². The third-order valence-electron chi connectivity index (χ3n) is 4.06. The second-order valence-corrected chi connectivity index (χ2v) is 8.18. The van der Waals surface area contributed by atoms with Crippen molar-refractivity contribution in [2.75, 3.05) is 6.61 Å². The Morgan fingerprint density at radius 3 is 2.41 bits per heavy atom. The summed E-state index contributed by atoms with van der Waals surface area (Å²) in [6, 6.07) is 15.0. The molecule has 1 atom stereocenters. The highest BCUT2D eigenvalue weighted by Gasteiger charge is 2.38. The van der Waals surface area contributed by atoms with Gasteiger partial charge in [-0.05, 0) is 37.1 Å². The summed E-state index contributed by atoms with van der Waals surface area (Å²) in [5.74, 6) is 0.942. The van der Waals surface area contributed by atoms with Crippen molar-refractivity contribution in [3.63, 3.8) is 0 Å². The molecule has 0 fully saturated rings. The van der Waals surface area contributed by atoms with Crippen LogP contribution in [0.4, 0.5) is 4.79 Å². The second kappa shape index (κ2) is 8.02. The first-order chi connectivity index (χ1) is 12.9. The highest BCUT2D eigenvalue weighted by atomic mass is 35.7. The van der Waals surface area contributed by atoms with Gasteiger partial charge in [0.05, 0.1) is 12.6 Å². The summed E-state index contributed by atoms with van der Waals surface area (Å²) in [7, 11) is 1.19. The van der Waals surface area contributed by atoms with Gasteiger partial charge >= 0.3 is 15.3 Å². The lowest BCUT2D eigenvalue weighted by molar-refractivity contribution is 0.163. The number of ether oxygens (including phenoxy) is 2. The molecule has 0 radical (unpaired) electrons. The van der Waals surface area contributed by atoms with E-state index in [1.165, 1.54) is 0 Å². The molecule has 1 heterocycles. The SMILES string of the molecule is CCOc1ccc(C2CC=C(c3ccccc3)OC(=O)N2S(=O)(=O)Cl)cc1. The van der Waals surface area contributed by atoms with Gasteiger partial charge in [0.2, 0.25) is 0 Å². The standard InChI is InChI=1S/C19H18ClNO5S/c1-2-25-16-10-8-14(9-11-16)17-12-13-18(15-6-4-3-5-7-15)26-19(22)21(17)27(20,23)24/h3-11,13,17H,2,12H2,1H3. The van der Waals surface area contributed by atoms with Gasteiger partial charge in [0.25, 0.3) is 0 Å². The van der Waals surface area contributed by atoms with Crippen LogP contribution < -0.4 is 4.74 Å². The molecule has 2 aromatic carbocycles. The predicted molar refractivity (Wildman–Crippen MR) is 102 cm³/mol. The number of rotatable bonds is 5. The Kier molecular flexibility index (Phi) is 5.72. The molecule has 0 bridgehead atoms. The number of amides is 1. The summed E-state index contributed by atoms with van der Waals surface area (Å²) >= 11 is 0. The average Bonchev–Trinajstić information content (AvgIpc) is 2.82. The van der Waals surface area contributed by atoms with Crippen LogP contribution in [-0.2, 0) is 14.0 Å². The Morgan fingerprint density at radius 1 is 1.15 bits per heavy atom. The maximum atomic E-state index is 12.6. The van der Waals surface area contributed by atoms with Gasteiger partial charge in [0.15, 0.2) is 0 Å². The molecule has 1 aliphatic rings. The van der Waals surface area contributed by atoms with Gasteiger partial charge in [-0.15, -0.1) is 0 Å². The average molecular weight is 408 g/mol. The Bertz CT molecular complexity index is 942. The quantitative estimate of drug-likeness (QED) is 0.682. The Morgan fingerprint density at radius 2 is 1.81 bits per heavy atom. The maximum absolute atomic E-state index is 12.6. The van der Waals surface area contributed by atoms with Crippen molar-refractivity contribution < 1.29 is 22.7 Å². The molecule has 0 saturated carbocycles. The van der Waals surface area contributed by atoms with E-state index in [0.29, 0.717) is 33.5 Å². The zero-order valence-electron chi connectivity index (χ0n) is 14.5. The first kappa shape index (κ1) is 19.3. The fourth-order valence-corrected chi connectivity index (χ4v) is 4.05. The molecule has 2 aromatic rings. The van der Waals surface area contributed by atoms with Crippen molar-refractivity contribution >= 4 is 31.8 Å². The van der Waals surface area contributed by atoms with Gasteiger partial charge in [0, 0.05) is 16.2 Å². The largest absolute Gasteiger partial charge is 0.494 e. The van der Waals surface area contributed by atoms with E-state index in [-0.39, 0.29) is 6.42 Å². The molecule has 1 unspecified atom stereocenters. The number of hydrogen-bond acceptors (Lipinski definition) is 5. The number of carbonyl (C=O) groups excluding carboxylic acids is 1. The number of hydrogen-bond donors (Lipinski definition) is 0. The zero-order valence-corrected chi connectivity index (χ0v) is 16.1. The predicted octanol–water partition coefficient (Wildman–Crippen LogP) is 4.49. The molecule has 8 heteroatoms. The van der Waals surface area contributed by atoms with E-state index in [2.05, 4.69) is 0 Å². The van der Waals surface area contributed by atoms with Crippen LogP contribution in [0, 0.1) is 0 Å². The molecular formula is C19H18ClNO5S. The summed E-state index contributed by atoms with van der Waals surface area (Å²) in [4.78, 5) is 12.6. The minimum atomic E-state index is -4.36. The molecule has 142 valence electrons. The van der Waals surface area contributed by atoms with Gasteiger partial charge in [-0.2, -0.15) is 12.7 Å². The van der Waals surface area contributed by atoms with Gasteiger partial charge in [0.1, 0.15) is 11.5 Å². The molecule has 0 N–H and O–H groups in total. The van der Waals surface area contributed by atoms with Gasteiger partial charge in [-0.1, -0.05) is 42.5 Å². The second-order valence-electron chi connectivity index (χ2n) is 5.79. The minimum absolute atomic E-state index is 0.218. The Hall–Kier alpha value is -2.51. The number of carbonyl (C=O) groups is 1. The lowest BCUT2D eigenvalue weighted by atomic mass is 10.0. The maximum Gasteiger partial charge on any atom is 0.430 e. The van der Waals surface area contributed by atoms with E-state index in [1.807, 2.05) is 13.0 Å². The van der Waals surface area contributed by atoms with Crippen LogP contribution in [0.1, 0.15) is 30.5 Å². The van der Waals surface area contributed by atoms with Gasteiger partial charge < -0.3 is 9.47 Å². The summed E-state index contributed by atoms with van der Waals surface area (Å²) in [5.41, 5.74) is 1.27. The summed E-state index contributed by atoms with van der Waals surface area (Å²) in [5, 5.41) is 0. The molecule has 0 aromatic heterocycles.